The van der Waals surface area contributed by atoms with Gasteiger partial charge in [0.2, 0.25) is 10.0 Å². The van der Waals surface area contributed by atoms with Gasteiger partial charge in [-0.3, -0.25) is 4.79 Å². The number of aliphatic carboxylic acids is 1. The predicted octanol–water partition coefficient (Wildman–Crippen LogP) is 1.74. The summed E-state index contributed by atoms with van der Waals surface area (Å²) in [6.45, 7) is 1.55. The van der Waals surface area contributed by atoms with Crippen LogP contribution in [0, 0.1) is 17.6 Å². The summed E-state index contributed by atoms with van der Waals surface area (Å²) in [7, 11) is -4.30. The Morgan fingerprint density at radius 3 is 2.40 bits per heavy atom. The highest BCUT2D eigenvalue weighted by atomic mass is 32.2. The second-order valence-corrected chi connectivity index (χ2v) is 6.14. The van der Waals surface area contributed by atoms with Crippen LogP contribution >= 0.6 is 0 Å². The maximum Gasteiger partial charge on any atom is 0.303 e. The molecule has 1 unspecified atom stereocenters. The minimum Gasteiger partial charge on any atom is -0.481 e. The van der Waals surface area contributed by atoms with Crippen molar-refractivity contribution in [2.45, 2.75) is 24.7 Å². The molecule has 0 aliphatic rings. The van der Waals surface area contributed by atoms with Crippen LogP contribution in [-0.4, -0.2) is 26.0 Å². The Morgan fingerprint density at radius 1 is 1.35 bits per heavy atom. The van der Waals surface area contributed by atoms with E-state index < -0.39 is 32.5 Å². The first-order valence-electron chi connectivity index (χ1n) is 5.89. The lowest BCUT2D eigenvalue weighted by Gasteiger charge is -2.12. The van der Waals surface area contributed by atoms with E-state index in [9.17, 15) is 22.0 Å². The van der Waals surface area contributed by atoms with Crippen LogP contribution in [0.4, 0.5) is 8.78 Å². The van der Waals surface area contributed by atoms with E-state index in [0.29, 0.717) is 0 Å². The van der Waals surface area contributed by atoms with E-state index in [4.69, 9.17) is 5.11 Å². The van der Waals surface area contributed by atoms with Crippen molar-refractivity contribution in [1.29, 1.82) is 0 Å². The molecule has 20 heavy (non-hydrogen) atoms. The molecule has 0 amide bonds. The van der Waals surface area contributed by atoms with Crippen molar-refractivity contribution < 1.29 is 27.1 Å². The maximum absolute atomic E-state index is 13.4. The summed E-state index contributed by atoms with van der Waals surface area (Å²) in [6, 6.07) is 2.77. The first kappa shape index (κ1) is 16.5. The molecule has 0 aliphatic carbocycles. The smallest absolute Gasteiger partial charge is 0.303 e. The van der Waals surface area contributed by atoms with Crippen molar-refractivity contribution in [2.24, 2.45) is 5.92 Å². The molecule has 8 heteroatoms. The third-order valence-electron chi connectivity index (χ3n) is 2.66. The summed E-state index contributed by atoms with van der Waals surface area (Å²) < 4.78 is 52.5. The molecule has 1 aromatic carbocycles. The van der Waals surface area contributed by atoms with Gasteiger partial charge in [-0.1, -0.05) is 13.0 Å². The quantitative estimate of drug-likeness (QED) is 0.804. The number of halogens is 2. The van der Waals surface area contributed by atoms with Gasteiger partial charge in [0, 0.05) is 13.0 Å². The molecule has 0 aliphatic heterocycles. The van der Waals surface area contributed by atoms with Gasteiger partial charge in [0.1, 0.15) is 11.6 Å². The van der Waals surface area contributed by atoms with Crippen molar-refractivity contribution in [2.75, 3.05) is 6.54 Å². The third kappa shape index (κ3) is 4.53. The number of carboxylic acid groups (broad SMARTS) is 1. The second-order valence-electron chi connectivity index (χ2n) is 4.44. The molecule has 0 aromatic heterocycles. The number of carbonyl (C=O) groups is 1. The summed E-state index contributed by atoms with van der Waals surface area (Å²) in [4.78, 5) is 9.36. The molecular formula is C12H15F2NO4S. The Balaban J connectivity index is 2.74. The summed E-state index contributed by atoms with van der Waals surface area (Å²) in [5.74, 6) is -3.60. The van der Waals surface area contributed by atoms with E-state index in [2.05, 4.69) is 4.72 Å². The van der Waals surface area contributed by atoms with Crippen LogP contribution < -0.4 is 4.72 Å². The number of benzene rings is 1. The van der Waals surface area contributed by atoms with Crippen LogP contribution in [-0.2, 0) is 14.8 Å². The Kier molecular flexibility index (Phi) is 5.58. The summed E-state index contributed by atoms with van der Waals surface area (Å²) >= 11 is 0. The number of nitrogens with one attached hydrogen (secondary N) is 1. The average Bonchev–Trinajstić information content (AvgIpc) is 2.33. The van der Waals surface area contributed by atoms with Gasteiger partial charge in [0.25, 0.3) is 0 Å². The molecule has 0 spiro atoms. The number of carboxylic acids is 1. The van der Waals surface area contributed by atoms with E-state index in [1.807, 2.05) is 0 Å². The molecule has 2 N–H and O–H groups in total. The molecule has 0 bridgehead atoms. The van der Waals surface area contributed by atoms with Crippen LogP contribution in [0.1, 0.15) is 19.8 Å². The lowest BCUT2D eigenvalue weighted by molar-refractivity contribution is -0.137. The lowest BCUT2D eigenvalue weighted by Crippen LogP contribution is -2.30. The average molecular weight is 307 g/mol. The van der Waals surface area contributed by atoms with E-state index in [-0.39, 0.29) is 25.3 Å². The predicted molar refractivity (Wildman–Crippen MR) is 67.6 cm³/mol. The van der Waals surface area contributed by atoms with Crippen molar-refractivity contribution in [3.8, 4) is 0 Å². The fourth-order valence-corrected chi connectivity index (χ4v) is 2.83. The number of sulfonamides is 1. The van der Waals surface area contributed by atoms with E-state index in [0.717, 1.165) is 18.2 Å². The summed E-state index contributed by atoms with van der Waals surface area (Å²) in [5, 5.41) is 8.50. The van der Waals surface area contributed by atoms with Gasteiger partial charge in [0.05, 0.1) is 0 Å². The Labute approximate surface area is 115 Å². The Morgan fingerprint density at radius 2 is 1.90 bits per heavy atom. The van der Waals surface area contributed by atoms with Gasteiger partial charge < -0.3 is 5.11 Å². The van der Waals surface area contributed by atoms with Crippen molar-refractivity contribution in [3.63, 3.8) is 0 Å². The first-order chi connectivity index (χ1) is 9.24. The van der Waals surface area contributed by atoms with Crippen molar-refractivity contribution >= 4 is 16.0 Å². The lowest BCUT2D eigenvalue weighted by atomic mass is 10.1. The standard InChI is InChI=1S/C12H15F2NO4S/c1-8(5-6-11(16)17)7-15-20(18,19)12-9(13)3-2-4-10(12)14/h2-4,8,15H,5-7H2,1H3,(H,16,17). The number of rotatable bonds is 7. The van der Waals surface area contributed by atoms with Gasteiger partial charge in [-0.2, -0.15) is 0 Å². The van der Waals surface area contributed by atoms with E-state index in [1.54, 1.807) is 6.92 Å². The van der Waals surface area contributed by atoms with E-state index in [1.165, 1.54) is 0 Å². The molecule has 0 saturated heterocycles. The highest BCUT2D eigenvalue weighted by Crippen LogP contribution is 2.18. The summed E-state index contributed by atoms with van der Waals surface area (Å²) in [5.41, 5.74) is 0. The SMILES string of the molecule is CC(CCC(=O)O)CNS(=O)(=O)c1c(F)cccc1F. The van der Waals surface area contributed by atoms with Gasteiger partial charge >= 0.3 is 5.97 Å². The van der Waals surface area contributed by atoms with Crippen LogP contribution in [0.2, 0.25) is 0 Å². The number of hydrogen-bond acceptors (Lipinski definition) is 3. The highest BCUT2D eigenvalue weighted by Gasteiger charge is 2.23. The highest BCUT2D eigenvalue weighted by molar-refractivity contribution is 7.89. The fraction of sp³-hybridized carbons (Fsp3) is 0.417. The zero-order chi connectivity index (χ0) is 15.3. The van der Waals surface area contributed by atoms with Crippen LogP contribution in [0.5, 0.6) is 0 Å². The minimum atomic E-state index is -4.30. The van der Waals surface area contributed by atoms with Gasteiger partial charge in [-0.05, 0) is 24.5 Å². The Hall–Kier alpha value is -1.54. The van der Waals surface area contributed by atoms with Gasteiger partial charge in [-0.15, -0.1) is 0 Å². The fourth-order valence-electron chi connectivity index (χ4n) is 1.54. The largest absolute Gasteiger partial charge is 0.481 e. The normalized spacial score (nSPS) is 13.2. The van der Waals surface area contributed by atoms with Crippen molar-refractivity contribution in [1.82, 2.24) is 4.72 Å². The molecule has 112 valence electrons. The van der Waals surface area contributed by atoms with Gasteiger partial charge in [-0.25, -0.2) is 21.9 Å². The summed E-state index contributed by atoms with van der Waals surface area (Å²) in [6.07, 6.45) is 0.161. The zero-order valence-corrected chi connectivity index (χ0v) is 11.6. The second kappa shape index (κ2) is 6.76. The van der Waals surface area contributed by atoms with Crippen LogP contribution in [0.15, 0.2) is 23.1 Å². The topological polar surface area (TPSA) is 83.5 Å². The molecule has 1 aromatic rings. The van der Waals surface area contributed by atoms with Crippen molar-refractivity contribution in [3.05, 3.63) is 29.8 Å². The first-order valence-corrected chi connectivity index (χ1v) is 7.38. The van der Waals surface area contributed by atoms with E-state index >= 15 is 0 Å². The minimum absolute atomic E-state index is 0.0939. The molecule has 0 heterocycles. The molecule has 0 radical (unpaired) electrons. The molecule has 5 nitrogen and oxygen atoms in total. The monoisotopic (exact) mass is 307 g/mol. The molecule has 0 saturated carbocycles. The Bertz CT molecular complexity index is 569. The maximum atomic E-state index is 13.4. The molecule has 1 rings (SSSR count). The molecular weight excluding hydrogens is 292 g/mol. The number of hydrogen-bond donors (Lipinski definition) is 2. The van der Waals surface area contributed by atoms with Crippen LogP contribution in [0.3, 0.4) is 0 Å². The van der Waals surface area contributed by atoms with Gasteiger partial charge in [0.15, 0.2) is 4.90 Å². The van der Waals surface area contributed by atoms with Crippen LogP contribution in [0.25, 0.3) is 0 Å². The molecule has 0 fully saturated rings. The third-order valence-corrected chi connectivity index (χ3v) is 4.13. The molecule has 1 atom stereocenters. The zero-order valence-electron chi connectivity index (χ0n) is 10.8.